The van der Waals surface area contributed by atoms with Crippen LogP contribution in [0.15, 0.2) is 23.1 Å². The fraction of sp³-hybridized carbons (Fsp3) is 0.143. The van der Waals surface area contributed by atoms with Crippen molar-refractivity contribution < 1.29 is 9.26 Å². The Hall–Kier alpha value is -1.78. The molecule has 0 aliphatic carbocycles. The highest BCUT2D eigenvalue weighted by molar-refractivity contribution is 5.51. The number of H-pyrrole nitrogens is 1. The van der Waals surface area contributed by atoms with Crippen molar-refractivity contribution >= 4 is 0 Å². The van der Waals surface area contributed by atoms with Gasteiger partial charge in [-0.25, -0.2) is 4.98 Å². The van der Waals surface area contributed by atoms with E-state index < -0.39 is 0 Å². The van der Waals surface area contributed by atoms with Gasteiger partial charge in [0, 0.05) is 0 Å². The molecule has 62 valence electrons. The number of rotatable bonds is 2. The van der Waals surface area contributed by atoms with Crippen molar-refractivity contribution in [2.24, 2.45) is 0 Å². The van der Waals surface area contributed by atoms with E-state index in [1.54, 1.807) is 18.6 Å². The largest absolute Gasteiger partial charge is 0.479 e. The van der Waals surface area contributed by atoms with Crippen LogP contribution in [0.25, 0.3) is 11.5 Å². The van der Waals surface area contributed by atoms with E-state index in [4.69, 9.17) is 9.26 Å². The third kappa shape index (κ3) is 1.05. The Morgan fingerprint density at radius 3 is 3.08 bits per heavy atom. The molecular formula is C7H7N3O2. The predicted molar refractivity (Wildman–Crippen MR) is 40.6 cm³/mol. The molecule has 0 saturated heterocycles. The minimum absolute atomic E-state index is 0.458. The molecule has 2 heterocycles. The zero-order valence-electron chi connectivity index (χ0n) is 6.44. The van der Waals surface area contributed by atoms with Crippen LogP contribution in [0.5, 0.6) is 5.88 Å². The molecule has 2 aromatic rings. The molecule has 0 radical (unpaired) electrons. The lowest BCUT2D eigenvalue weighted by Crippen LogP contribution is -1.78. The van der Waals surface area contributed by atoms with Gasteiger partial charge < -0.3 is 14.2 Å². The standard InChI is InChI=1S/C7H7N3O2/c1-11-7-2-6(12-10-7)5-3-8-4-9-5/h2-4H,1H3,(H,8,9). The van der Waals surface area contributed by atoms with Gasteiger partial charge in [-0.1, -0.05) is 0 Å². The van der Waals surface area contributed by atoms with Gasteiger partial charge in [0.1, 0.15) is 5.69 Å². The van der Waals surface area contributed by atoms with Gasteiger partial charge >= 0.3 is 0 Å². The number of hydrogen-bond donors (Lipinski definition) is 1. The van der Waals surface area contributed by atoms with Gasteiger partial charge in [0.25, 0.3) is 5.88 Å². The van der Waals surface area contributed by atoms with Crippen LogP contribution < -0.4 is 4.74 Å². The maximum Gasteiger partial charge on any atom is 0.254 e. The zero-order chi connectivity index (χ0) is 8.39. The van der Waals surface area contributed by atoms with E-state index in [0.717, 1.165) is 5.69 Å². The molecule has 0 spiro atoms. The number of nitrogens with one attached hydrogen (secondary N) is 1. The molecule has 0 unspecified atom stereocenters. The average molecular weight is 165 g/mol. The lowest BCUT2D eigenvalue weighted by Gasteiger charge is -1.84. The second-order valence-electron chi connectivity index (χ2n) is 2.20. The second kappa shape index (κ2) is 2.69. The summed E-state index contributed by atoms with van der Waals surface area (Å²) in [4.78, 5) is 6.74. The summed E-state index contributed by atoms with van der Waals surface area (Å²) >= 11 is 0. The monoisotopic (exact) mass is 165 g/mol. The molecule has 0 aliphatic rings. The van der Waals surface area contributed by atoms with Crippen LogP contribution >= 0.6 is 0 Å². The maximum absolute atomic E-state index is 4.95. The molecule has 12 heavy (non-hydrogen) atoms. The molecule has 0 atom stereocenters. The molecule has 0 amide bonds. The number of hydrogen-bond acceptors (Lipinski definition) is 4. The second-order valence-corrected chi connectivity index (χ2v) is 2.20. The van der Waals surface area contributed by atoms with Crippen molar-refractivity contribution in [2.75, 3.05) is 7.11 Å². The van der Waals surface area contributed by atoms with Gasteiger partial charge in [0.2, 0.25) is 0 Å². The molecule has 0 aliphatic heterocycles. The molecule has 0 saturated carbocycles. The minimum Gasteiger partial charge on any atom is -0.479 e. The Labute approximate surface area is 68.4 Å². The van der Waals surface area contributed by atoms with E-state index in [1.807, 2.05) is 0 Å². The van der Waals surface area contributed by atoms with Gasteiger partial charge in [0.05, 0.1) is 25.7 Å². The lowest BCUT2D eigenvalue weighted by atomic mass is 10.4. The van der Waals surface area contributed by atoms with Gasteiger partial charge in [0.15, 0.2) is 5.76 Å². The summed E-state index contributed by atoms with van der Waals surface area (Å²) in [5.74, 6) is 1.07. The Bertz CT molecular complexity index is 352. The molecule has 5 heteroatoms. The van der Waals surface area contributed by atoms with Crippen molar-refractivity contribution in [3.63, 3.8) is 0 Å². The first-order valence-corrected chi connectivity index (χ1v) is 3.39. The van der Waals surface area contributed by atoms with E-state index in [2.05, 4.69) is 15.1 Å². The normalized spacial score (nSPS) is 10.1. The number of nitrogens with zero attached hydrogens (tertiary/aromatic N) is 2. The summed E-state index contributed by atoms with van der Waals surface area (Å²) in [6.45, 7) is 0. The Balaban J connectivity index is 2.35. The third-order valence-corrected chi connectivity index (χ3v) is 1.46. The molecule has 0 aromatic carbocycles. The molecule has 0 fully saturated rings. The number of ether oxygens (including phenoxy) is 1. The van der Waals surface area contributed by atoms with Crippen molar-refractivity contribution in [1.82, 2.24) is 15.1 Å². The quantitative estimate of drug-likeness (QED) is 0.722. The number of methoxy groups -OCH3 is 1. The topological polar surface area (TPSA) is 63.9 Å². The molecule has 1 N–H and O–H groups in total. The predicted octanol–water partition coefficient (Wildman–Crippen LogP) is 1.07. The molecule has 2 rings (SSSR count). The van der Waals surface area contributed by atoms with E-state index >= 15 is 0 Å². The van der Waals surface area contributed by atoms with Crippen LogP contribution in [-0.2, 0) is 0 Å². The van der Waals surface area contributed by atoms with E-state index in [1.165, 1.54) is 7.11 Å². The molecule has 5 nitrogen and oxygen atoms in total. The summed E-state index contributed by atoms with van der Waals surface area (Å²) in [5.41, 5.74) is 0.783. The van der Waals surface area contributed by atoms with E-state index in [-0.39, 0.29) is 0 Å². The maximum atomic E-state index is 4.95. The van der Waals surface area contributed by atoms with Crippen LogP contribution in [0.1, 0.15) is 0 Å². The van der Waals surface area contributed by atoms with Crippen LogP contribution in [0.3, 0.4) is 0 Å². The van der Waals surface area contributed by atoms with Gasteiger partial charge in [-0.3, -0.25) is 0 Å². The summed E-state index contributed by atoms with van der Waals surface area (Å²) in [6.07, 6.45) is 3.23. The van der Waals surface area contributed by atoms with Crippen molar-refractivity contribution in [3.8, 4) is 17.3 Å². The smallest absolute Gasteiger partial charge is 0.254 e. The Kier molecular flexibility index (Phi) is 1.55. The highest BCUT2D eigenvalue weighted by Crippen LogP contribution is 2.20. The van der Waals surface area contributed by atoms with Crippen LogP contribution in [0.2, 0.25) is 0 Å². The zero-order valence-corrected chi connectivity index (χ0v) is 6.44. The Morgan fingerprint density at radius 2 is 2.50 bits per heavy atom. The molecular weight excluding hydrogens is 158 g/mol. The van der Waals surface area contributed by atoms with Crippen LogP contribution in [-0.4, -0.2) is 22.2 Å². The number of aromatic nitrogens is 3. The van der Waals surface area contributed by atoms with Crippen molar-refractivity contribution in [1.29, 1.82) is 0 Å². The summed E-state index contributed by atoms with van der Waals surface area (Å²) < 4.78 is 9.81. The summed E-state index contributed by atoms with van der Waals surface area (Å²) in [7, 11) is 1.54. The number of imidazole rings is 1. The minimum atomic E-state index is 0.458. The average Bonchev–Trinajstić information content (AvgIpc) is 2.75. The van der Waals surface area contributed by atoms with Crippen molar-refractivity contribution in [3.05, 3.63) is 18.6 Å². The molecule has 2 aromatic heterocycles. The first-order chi connectivity index (χ1) is 5.90. The van der Waals surface area contributed by atoms with E-state index in [9.17, 15) is 0 Å². The molecule has 0 bridgehead atoms. The fourth-order valence-electron chi connectivity index (χ4n) is 0.873. The summed E-state index contributed by atoms with van der Waals surface area (Å²) in [6, 6.07) is 1.69. The van der Waals surface area contributed by atoms with Gasteiger partial charge in [-0.05, 0) is 5.16 Å². The SMILES string of the molecule is COc1cc(-c2cnc[nH]2)on1. The Morgan fingerprint density at radius 1 is 1.58 bits per heavy atom. The lowest BCUT2D eigenvalue weighted by molar-refractivity contribution is 0.342. The number of aromatic amines is 1. The summed E-state index contributed by atoms with van der Waals surface area (Å²) in [5, 5.41) is 3.65. The van der Waals surface area contributed by atoms with Crippen molar-refractivity contribution in [2.45, 2.75) is 0 Å². The highest BCUT2D eigenvalue weighted by atomic mass is 16.5. The van der Waals surface area contributed by atoms with Gasteiger partial charge in [-0.2, -0.15) is 0 Å². The highest BCUT2D eigenvalue weighted by Gasteiger charge is 2.06. The van der Waals surface area contributed by atoms with E-state index in [0.29, 0.717) is 11.6 Å². The third-order valence-electron chi connectivity index (χ3n) is 1.46. The fourth-order valence-corrected chi connectivity index (χ4v) is 0.873. The first kappa shape index (κ1) is 6.90. The van der Waals surface area contributed by atoms with Crippen LogP contribution in [0, 0.1) is 0 Å². The van der Waals surface area contributed by atoms with Gasteiger partial charge in [-0.15, -0.1) is 0 Å². The van der Waals surface area contributed by atoms with Crippen LogP contribution in [0.4, 0.5) is 0 Å². The first-order valence-electron chi connectivity index (χ1n) is 3.39.